The van der Waals surface area contributed by atoms with Gasteiger partial charge in [-0.05, 0) is 43.3 Å². The summed E-state index contributed by atoms with van der Waals surface area (Å²) in [6, 6.07) is 16.5. The van der Waals surface area contributed by atoms with Crippen LogP contribution in [0, 0.1) is 6.92 Å². The Labute approximate surface area is 163 Å². The average molecular weight is 378 g/mol. The van der Waals surface area contributed by atoms with E-state index in [0.717, 1.165) is 11.4 Å². The first kappa shape index (κ1) is 19.2. The summed E-state index contributed by atoms with van der Waals surface area (Å²) in [5.41, 5.74) is 2.78. The molecule has 0 atom stereocenters. The highest BCUT2D eigenvalue weighted by Gasteiger charge is 2.15. The molecule has 0 aliphatic rings. The van der Waals surface area contributed by atoms with Gasteiger partial charge < -0.3 is 15.0 Å². The Bertz CT molecular complexity index is 963. The molecule has 3 rings (SSSR count). The maximum absolute atomic E-state index is 12.6. The molecule has 144 valence electrons. The molecule has 2 amide bonds. The summed E-state index contributed by atoms with van der Waals surface area (Å²) < 4.78 is 7.16. The third-order valence-electron chi connectivity index (χ3n) is 4.23. The zero-order valence-corrected chi connectivity index (χ0v) is 16.0. The number of ether oxygens (including phenoxy) is 1. The van der Waals surface area contributed by atoms with Crippen LogP contribution in [-0.2, 0) is 4.79 Å². The number of likely N-dealkylation sites (N-methyl/N-ethyl adjacent to an activating group) is 1. The van der Waals surface area contributed by atoms with Gasteiger partial charge in [0.25, 0.3) is 11.8 Å². The molecule has 0 aliphatic carbocycles. The van der Waals surface area contributed by atoms with Crippen LogP contribution in [0.15, 0.2) is 60.8 Å². The first-order chi connectivity index (χ1) is 13.5. The second-order valence-electron chi connectivity index (χ2n) is 6.45. The van der Waals surface area contributed by atoms with E-state index in [2.05, 4.69) is 10.4 Å². The van der Waals surface area contributed by atoms with Crippen molar-refractivity contribution in [1.29, 1.82) is 0 Å². The van der Waals surface area contributed by atoms with E-state index < -0.39 is 0 Å². The van der Waals surface area contributed by atoms with Crippen molar-refractivity contribution in [3.63, 3.8) is 0 Å². The molecule has 0 spiro atoms. The topological polar surface area (TPSA) is 76.5 Å². The van der Waals surface area contributed by atoms with Crippen molar-refractivity contribution in [2.24, 2.45) is 0 Å². The number of hydrogen-bond donors (Lipinski definition) is 1. The van der Waals surface area contributed by atoms with Crippen LogP contribution in [0.25, 0.3) is 5.69 Å². The number of para-hydroxylation sites is 1. The molecule has 3 aromatic rings. The fourth-order valence-corrected chi connectivity index (χ4v) is 2.57. The monoisotopic (exact) mass is 378 g/mol. The molecule has 0 saturated heterocycles. The normalized spacial score (nSPS) is 10.4. The minimum Gasteiger partial charge on any atom is -0.484 e. The van der Waals surface area contributed by atoms with Crippen LogP contribution in [0.4, 0.5) is 5.69 Å². The van der Waals surface area contributed by atoms with E-state index in [9.17, 15) is 9.59 Å². The fourth-order valence-electron chi connectivity index (χ4n) is 2.57. The van der Waals surface area contributed by atoms with Gasteiger partial charge in [-0.25, -0.2) is 4.68 Å². The standard InChI is InChI=1S/C21H22N4O3/c1-15-19(13-22-25(15)17-7-5-4-6-8-17)21(27)23-16-9-11-18(12-10-16)28-14-20(26)24(2)3/h4-13H,14H2,1-3H3,(H,23,27). The summed E-state index contributed by atoms with van der Waals surface area (Å²) in [6.45, 7) is 1.82. The zero-order valence-electron chi connectivity index (χ0n) is 16.0. The molecule has 0 bridgehead atoms. The summed E-state index contributed by atoms with van der Waals surface area (Å²) in [6.07, 6.45) is 1.56. The molecule has 2 aromatic carbocycles. The van der Waals surface area contributed by atoms with Gasteiger partial charge in [-0.2, -0.15) is 5.10 Å². The number of anilines is 1. The molecule has 0 unspecified atom stereocenters. The molecule has 0 fully saturated rings. The van der Waals surface area contributed by atoms with Gasteiger partial charge in [-0.1, -0.05) is 18.2 Å². The molecule has 7 heteroatoms. The molecule has 0 aliphatic heterocycles. The predicted molar refractivity (Wildman–Crippen MR) is 107 cm³/mol. The third kappa shape index (κ3) is 4.37. The van der Waals surface area contributed by atoms with Crippen molar-refractivity contribution in [3.05, 3.63) is 72.1 Å². The van der Waals surface area contributed by atoms with Gasteiger partial charge in [0.15, 0.2) is 6.61 Å². The van der Waals surface area contributed by atoms with Gasteiger partial charge in [-0.15, -0.1) is 0 Å². The molecule has 1 heterocycles. The van der Waals surface area contributed by atoms with E-state index in [-0.39, 0.29) is 18.4 Å². The van der Waals surface area contributed by atoms with E-state index in [1.807, 2.05) is 37.3 Å². The quantitative estimate of drug-likeness (QED) is 0.716. The summed E-state index contributed by atoms with van der Waals surface area (Å²) >= 11 is 0. The SMILES string of the molecule is Cc1c(C(=O)Nc2ccc(OCC(=O)N(C)C)cc2)cnn1-c1ccccc1. The number of carbonyl (C=O) groups is 2. The van der Waals surface area contributed by atoms with Gasteiger partial charge in [-0.3, -0.25) is 9.59 Å². The Balaban J connectivity index is 1.65. The number of nitrogens with zero attached hydrogens (tertiary/aromatic N) is 3. The lowest BCUT2D eigenvalue weighted by atomic mass is 10.2. The van der Waals surface area contributed by atoms with Crippen molar-refractivity contribution in [2.45, 2.75) is 6.92 Å². The molecular weight excluding hydrogens is 356 g/mol. The highest BCUT2D eigenvalue weighted by atomic mass is 16.5. The van der Waals surface area contributed by atoms with Crippen LogP contribution >= 0.6 is 0 Å². The van der Waals surface area contributed by atoms with E-state index in [1.165, 1.54) is 4.90 Å². The Morgan fingerprint density at radius 2 is 1.75 bits per heavy atom. The molecular formula is C21H22N4O3. The second-order valence-corrected chi connectivity index (χ2v) is 6.45. The van der Waals surface area contributed by atoms with Crippen molar-refractivity contribution >= 4 is 17.5 Å². The Morgan fingerprint density at radius 1 is 1.07 bits per heavy atom. The van der Waals surface area contributed by atoms with E-state index in [1.54, 1.807) is 49.2 Å². The number of carbonyl (C=O) groups excluding carboxylic acids is 2. The molecule has 1 N–H and O–H groups in total. The molecule has 0 saturated carbocycles. The summed E-state index contributed by atoms with van der Waals surface area (Å²) in [4.78, 5) is 25.6. The molecule has 0 radical (unpaired) electrons. The van der Waals surface area contributed by atoms with Gasteiger partial charge in [0.2, 0.25) is 0 Å². The Hall–Kier alpha value is -3.61. The van der Waals surface area contributed by atoms with Crippen LogP contribution in [0.5, 0.6) is 5.75 Å². The van der Waals surface area contributed by atoms with Crippen molar-refractivity contribution in [3.8, 4) is 11.4 Å². The van der Waals surface area contributed by atoms with Crippen LogP contribution in [0.1, 0.15) is 16.1 Å². The van der Waals surface area contributed by atoms with Gasteiger partial charge in [0.05, 0.1) is 23.1 Å². The first-order valence-corrected chi connectivity index (χ1v) is 8.80. The maximum atomic E-state index is 12.6. The van der Waals surface area contributed by atoms with Gasteiger partial charge in [0, 0.05) is 19.8 Å². The number of amides is 2. The highest BCUT2D eigenvalue weighted by molar-refractivity contribution is 6.05. The van der Waals surface area contributed by atoms with Crippen molar-refractivity contribution in [1.82, 2.24) is 14.7 Å². The van der Waals surface area contributed by atoms with Crippen LogP contribution in [0.2, 0.25) is 0 Å². The Morgan fingerprint density at radius 3 is 2.39 bits per heavy atom. The lowest BCUT2D eigenvalue weighted by Crippen LogP contribution is -2.27. The molecule has 28 heavy (non-hydrogen) atoms. The number of benzene rings is 2. The summed E-state index contributed by atoms with van der Waals surface area (Å²) in [5, 5.41) is 7.17. The molecule has 7 nitrogen and oxygen atoms in total. The van der Waals surface area contributed by atoms with Crippen molar-refractivity contribution < 1.29 is 14.3 Å². The van der Waals surface area contributed by atoms with E-state index in [0.29, 0.717) is 17.0 Å². The summed E-state index contributed by atoms with van der Waals surface area (Å²) in [5.74, 6) is 0.195. The van der Waals surface area contributed by atoms with Crippen LogP contribution in [0.3, 0.4) is 0 Å². The maximum Gasteiger partial charge on any atom is 0.259 e. The number of rotatable bonds is 6. The number of aromatic nitrogens is 2. The Kier molecular flexibility index (Phi) is 5.74. The van der Waals surface area contributed by atoms with E-state index in [4.69, 9.17) is 4.74 Å². The second kappa shape index (κ2) is 8.39. The van der Waals surface area contributed by atoms with E-state index >= 15 is 0 Å². The lowest BCUT2D eigenvalue weighted by molar-refractivity contribution is -0.130. The lowest BCUT2D eigenvalue weighted by Gasteiger charge is -2.11. The minimum absolute atomic E-state index is 0.0312. The van der Waals surface area contributed by atoms with Crippen LogP contribution < -0.4 is 10.1 Å². The van der Waals surface area contributed by atoms with Gasteiger partial charge in [0.1, 0.15) is 5.75 Å². The number of nitrogens with one attached hydrogen (secondary N) is 1. The fraction of sp³-hybridized carbons (Fsp3) is 0.190. The zero-order chi connectivity index (χ0) is 20.1. The first-order valence-electron chi connectivity index (χ1n) is 8.80. The molecule has 1 aromatic heterocycles. The average Bonchev–Trinajstić information content (AvgIpc) is 3.09. The minimum atomic E-state index is -0.240. The largest absolute Gasteiger partial charge is 0.484 e. The predicted octanol–water partition coefficient (Wildman–Crippen LogP) is 2.90. The van der Waals surface area contributed by atoms with Crippen LogP contribution in [-0.4, -0.2) is 47.2 Å². The smallest absolute Gasteiger partial charge is 0.259 e. The van der Waals surface area contributed by atoms with Crippen molar-refractivity contribution in [2.75, 3.05) is 26.0 Å². The number of hydrogen-bond acceptors (Lipinski definition) is 4. The third-order valence-corrected chi connectivity index (χ3v) is 4.23. The summed E-state index contributed by atoms with van der Waals surface area (Å²) in [7, 11) is 3.35. The highest BCUT2D eigenvalue weighted by Crippen LogP contribution is 2.18. The van der Waals surface area contributed by atoms with Gasteiger partial charge >= 0.3 is 0 Å².